The van der Waals surface area contributed by atoms with E-state index in [1.807, 2.05) is 25.2 Å². The molecule has 1 unspecified atom stereocenters. The van der Waals surface area contributed by atoms with Crippen molar-refractivity contribution in [1.29, 1.82) is 0 Å². The summed E-state index contributed by atoms with van der Waals surface area (Å²) in [6.07, 6.45) is 0.881. The van der Waals surface area contributed by atoms with Gasteiger partial charge in [0.15, 0.2) is 0 Å². The first-order valence-corrected chi connectivity index (χ1v) is 6.05. The summed E-state index contributed by atoms with van der Waals surface area (Å²) < 4.78 is 1.03. The number of halogens is 1. The summed E-state index contributed by atoms with van der Waals surface area (Å²) in [7, 11) is 1.93. The number of benzene rings is 1. The minimum Gasteiger partial charge on any atom is -0.326 e. The molecule has 4 heteroatoms. The highest BCUT2D eigenvalue weighted by molar-refractivity contribution is 9.10. The van der Waals surface area contributed by atoms with Crippen molar-refractivity contribution >= 4 is 27.5 Å². The third-order valence-corrected chi connectivity index (χ3v) is 2.89. The predicted molar refractivity (Wildman–Crippen MR) is 70.7 cm³/mol. The second-order valence-corrected chi connectivity index (χ2v) is 4.79. The number of carbonyl (C=O) groups excluding carboxylic acids is 1. The van der Waals surface area contributed by atoms with Crippen LogP contribution in [-0.4, -0.2) is 19.0 Å². The van der Waals surface area contributed by atoms with Crippen molar-refractivity contribution in [3.8, 4) is 0 Å². The lowest BCUT2D eigenvalue weighted by Crippen LogP contribution is -2.24. The van der Waals surface area contributed by atoms with Crippen LogP contribution in [0.3, 0.4) is 0 Å². The second kappa shape index (κ2) is 6.01. The molecule has 1 rings (SSSR count). The van der Waals surface area contributed by atoms with E-state index in [0.29, 0.717) is 6.04 Å². The number of anilines is 1. The summed E-state index contributed by atoms with van der Waals surface area (Å²) in [6.45, 7) is 3.63. The Morgan fingerprint density at radius 2 is 2.19 bits per heavy atom. The molecule has 0 spiro atoms. The quantitative estimate of drug-likeness (QED) is 0.892. The minimum absolute atomic E-state index is 0.0410. The van der Waals surface area contributed by atoms with Crippen molar-refractivity contribution in [1.82, 2.24) is 5.32 Å². The predicted octanol–water partition coefficient (Wildman–Crippen LogP) is 2.56. The highest BCUT2D eigenvalue weighted by atomic mass is 79.9. The van der Waals surface area contributed by atoms with Crippen LogP contribution in [0.15, 0.2) is 22.7 Å². The van der Waals surface area contributed by atoms with Gasteiger partial charge in [0.2, 0.25) is 5.91 Å². The third-order valence-electron chi connectivity index (χ3n) is 2.40. The standard InChI is InChI=1S/C12H17BrN2O/c1-8(14-3)6-10-7-11(13)4-5-12(10)15-9(2)16/h4-5,7-8,14H,6H2,1-3H3,(H,15,16). The van der Waals surface area contributed by atoms with Crippen LogP contribution in [0, 0.1) is 0 Å². The smallest absolute Gasteiger partial charge is 0.221 e. The summed E-state index contributed by atoms with van der Waals surface area (Å²) in [5.74, 6) is -0.0410. The van der Waals surface area contributed by atoms with Crippen LogP contribution in [-0.2, 0) is 11.2 Å². The monoisotopic (exact) mass is 284 g/mol. The molecule has 1 aromatic rings. The van der Waals surface area contributed by atoms with Crippen molar-refractivity contribution in [3.63, 3.8) is 0 Å². The van der Waals surface area contributed by atoms with Crippen LogP contribution < -0.4 is 10.6 Å². The van der Waals surface area contributed by atoms with Crippen molar-refractivity contribution in [2.45, 2.75) is 26.3 Å². The molecule has 16 heavy (non-hydrogen) atoms. The van der Waals surface area contributed by atoms with Gasteiger partial charge in [-0.3, -0.25) is 4.79 Å². The first-order valence-electron chi connectivity index (χ1n) is 5.26. The molecule has 2 N–H and O–H groups in total. The lowest BCUT2D eigenvalue weighted by atomic mass is 10.1. The Bertz CT molecular complexity index is 379. The molecular formula is C12H17BrN2O. The van der Waals surface area contributed by atoms with Gasteiger partial charge in [0.1, 0.15) is 0 Å². The van der Waals surface area contributed by atoms with Crippen LogP contribution in [0.1, 0.15) is 19.4 Å². The van der Waals surface area contributed by atoms with Gasteiger partial charge in [-0.2, -0.15) is 0 Å². The maximum Gasteiger partial charge on any atom is 0.221 e. The van der Waals surface area contributed by atoms with E-state index in [1.165, 1.54) is 6.92 Å². The van der Waals surface area contributed by atoms with Crippen molar-refractivity contribution in [2.75, 3.05) is 12.4 Å². The van der Waals surface area contributed by atoms with Crippen LogP contribution >= 0.6 is 15.9 Å². The topological polar surface area (TPSA) is 41.1 Å². The van der Waals surface area contributed by atoms with Crippen molar-refractivity contribution in [3.05, 3.63) is 28.2 Å². The molecule has 0 aromatic heterocycles. The summed E-state index contributed by atoms with van der Waals surface area (Å²) in [5.41, 5.74) is 2.02. The minimum atomic E-state index is -0.0410. The highest BCUT2D eigenvalue weighted by Crippen LogP contribution is 2.22. The fourth-order valence-corrected chi connectivity index (χ4v) is 1.88. The molecule has 3 nitrogen and oxygen atoms in total. The molecule has 0 bridgehead atoms. The van der Waals surface area contributed by atoms with E-state index in [-0.39, 0.29) is 5.91 Å². The Morgan fingerprint density at radius 1 is 1.50 bits per heavy atom. The second-order valence-electron chi connectivity index (χ2n) is 3.88. The van der Waals surface area contributed by atoms with E-state index in [2.05, 4.69) is 33.5 Å². The number of nitrogens with one attached hydrogen (secondary N) is 2. The summed E-state index contributed by atoms with van der Waals surface area (Å²) in [4.78, 5) is 11.1. The highest BCUT2D eigenvalue weighted by Gasteiger charge is 2.08. The number of carbonyl (C=O) groups is 1. The Balaban J connectivity index is 2.93. The lowest BCUT2D eigenvalue weighted by molar-refractivity contribution is -0.114. The van der Waals surface area contributed by atoms with E-state index in [1.54, 1.807) is 0 Å². The van der Waals surface area contributed by atoms with Crippen molar-refractivity contribution < 1.29 is 4.79 Å². The zero-order chi connectivity index (χ0) is 12.1. The summed E-state index contributed by atoms with van der Waals surface area (Å²) in [6, 6.07) is 6.27. The average molecular weight is 285 g/mol. The van der Waals surface area contributed by atoms with Gasteiger partial charge < -0.3 is 10.6 Å². The Hall–Kier alpha value is -0.870. The van der Waals surface area contributed by atoms with E-state index in [4.69, 9.17) is 0 Å². The number of hydrogen-bond acceptors (Lipinski definition) is 2. The zero-order valence-corrected chi connectivity index (χ0v) is 11.4. The molecule has 0 saturated carbocycles. The fraction of sp³-hybridized carbons (Fsp3) is 0.417. The molecule has 0 aliphatic carbocycles. The van der Waals surface area contributed by atoms with E-state index in [9.17, 15) is 4.79 Å². The molecule has 88 valence electrons. The molecule has 0 radical (unpaired) electrons. The molecule has 0 saturated heterocycles. The Kier molecular flexibility index (Phi) is 4.96. The van der Waals surface area contributed by atoms with E-state index >= 15 is 0 Å². The first kappa shape index (κ1) is 13.2. The molecular weight excluding hydrogens is 268 g/mol. The Morgan fingerprint density at radius 3 is 2.75 bits per heavy atom. The van der Waals surface area contributed by atoms with Gasteiger partial charge >= 0.3 is 0 Å². The van der Waals surface area contributed by atoms with E-state index in [0.717, 1.165) is 22.1 Å². The summed E-state index contributed by atoms with van der Waals surface area (Å²) in [5, 5.41) is 6.03. The first-order chi connectivity index (χ1) is 7.52. The van der Waals surface area contributed by atoms with Gasteiger partial charge in [-0.25, -0.2) is 0 Å². The van der Waals surface area contributed by atoms with Gasteiger partial charge in [0.25, 0.3) is 0 Å². The van der Waals surface area contributed by atoms with Crippen LogP contribution in [0.4, 0.5) is 5.69 Å². The summed E-state index contributed by atoms with van der Waals surface area (Å²) >= 11 is 3.44. The molecule has 1 aromatic carbocycles. The van der Waals surface area contributed by atoms with Gasteiger partial charge in [-0.15, -0.1) is 0 Å². The maximum absolute atomic E-state index is 11.1. The maximum atomic E-state index is 11.1. The third kappa shape index (κ3) is 3.94. The Labute approximate surface area is 105 Å². The van der Waals surface area contributed by atoms with Crippen LogP contribution in [0.25, 0.3) is 0 Å². The number of hydrogen-bond donors (Lipinski definition) is 2. The molecule has 0 aliphatic rings. The number of rotatable bonds is 4. The molecule has 0 fully saturated rings. The van der Waals surface area contributed by atoms with Gasteiger partial charge in [0, 0.05) is 23.1 Å². The molecule has 1 amide bonds. The zero-order valence-electron chi connectivity index (χ0n) is 9.80. The SMILES string of the molecule is CNC(C)Cc1cc(Br)ccc1NC(C)=O. The van der Waals surface area contributed by atoms with Crippen LogP contribution in [0.2, 0.25) is 0 Å². The largest absolute Gasteiger partial charge is 0.326 e. The van der Waals surface area contributed by atoms with Gasteiger partial charge in [-0.05, 0) is 44.2 Å². The van der Waals surface area contributed by atoms with E-state index < -0.39 is 0 Å². The molecule has 1 atom stereocenters. The number of likely N-dealkylation sites (N-methyl/N-ethyl adjacent to an activating group) is 1. The van der Waals surface area contributed by atoms with Crippen LogP contribution in [0.5, 0.6) is 0 Å². The normalized spacial score (nSPS) is 12.2. The molecule has 0 heterocycles. The fourth-order valence-electron chi connectivity index (χ4n) is 1.47. The van der Waals surface area contributed by atoms with Crippen molar-refractivity contribution in [2.24, 2.45) is 0 Å². The lowest BCUT2D eigenvalue weighted by Gasteiger charge is -2.14. The molecule has 0 aliphatic heterocycles. The number of amides is 1. The van der Waals surface area contributed by atoms with Gasteiger partial charge in [0.05, 0.1) is 0 Å². The average Bonchev–Trinajstić information content (AvgIpc) is 2.21. The van der Waals surface area contributed by atoms with Gasteiger partial charge in [-0.1, -0.05) is 15.9 Å².